The first-order chi connectivity index (χ1) is 13.4. The van der Waals surface area contributed by atoms with Gasteiger partial charge in [-0.15, -0.1) is 0 Å². The van der Waals surface area contributed by atoms with E-state index in [4.69, 9.17) is 4.74 Å². The fourth-order valence-electron chi connectivity index (χ4n) is 2.80. The van der Waals surface area contributed by atoms with E-state index in [1.54, 1.807) is 0 Å². The molecule has 0 radical (unpaired) electrons. The Morgan fingerprint density at radius 3 is 2.18 bits per heavy atom. The number of halogens is 1. The molecule has 0 aliphatic carbocycles. The number of hydrogen-bond acceptors (Lipinski definition) is 4. The molecule has 148 valence electrons. The van der Waals surface area contributed by atoms with Crippen LogP contribution in [0.25, 0.3) is 0 Å². The number of esters is 1. The molecule has 2 aromatic rings. The highest BCUT2D eigenvalue weighted by Gasteiger charge is 2.27. The molecule has 0 aromatic heterocycles. The predicted octanol–water partition coefficient (Wildman–Crippen LogP) is 2.24. The summed E-state index contributed by atoms with van der Waals surface area (Å²) in [5.41, 5.74) is 1.83. The quantitative estimate of drug-likeness (QED) is 0.436. The van der Waals surface area contributed by atoms with Gasteiger partial charge in [-0.3, -0.25) is 9.59 Å². The summed E-state index contributed by atoms with van der Waals surface area (Å²) in [4.78, 5) is 36.7. The SMILES string of the molecule is COC(=O)[C@H](Cc1ccccc1I)NC(=O)[C@@H](Cc1ccccc1)NC(C)=O. The highest BCUT2D eigenvalue weighted by Crippen LogP contribution is 2.14. The van der Waals surface area contributed by atoms with Gasteiger partial charge in [0.25, 0.3) is 0 Å². The topological polar surface area (TPSA) is 84.5 Å². The first-order valence-corrected chi connectivity index (χ1v) is 9.91. The third-order valence-electron chi connectivity index (χ3n) is 4.16. The van der Waals surface area contributed by atoms with Crippen LogP contribution in [0.2, 0.25) is 0 Å². The first-order valence-electron chi connectivity index (χ1n) is 8.83. The molecule has 0 bridgehead atoms. The van der Waals surface area contributed by atoms with Crippen molar-refractivity contribution in [3.05, 3.63) is 69.3 Å². The van der Waals surface area contributed by atoms with Crippen LogP contribution in [-0.4, -0.2) is 37.0 Å². The molecule has 0 saturated carbocycles. The summed E-state index contributed by atoms with van der Waals surface area (Å²) in [5, 5.41) is 5.40. The Labute approximate surface area is 178 Å². The summed E-state index contributed by atoms with van der Waals surface area (Å²) in [6, 6.07) is 15.4. The molecule has 2 rings (SSSR count). The Morgan fingerprint density at radius 2 is 1.57 bits per heavy atom. The van der Waals surface area contributed by atoms with Gasteiger partial charge in [0, 0.05) is 23.3 Å². The van der Waals surface area contributed by atoms with E-state index >= 15 is 0 Å². The van der Waals surface area contributed by atoms with Crippen LogP contribution in [0.4, 0.5) is 0 Å². The van der Waals surface area contributed by atoms with E-state index in [1.807, 2.05) is 54.6 Å². The number of benzene rings is 2. The van der Waals surface area contributed by atoms with Gasteiger partial charge in [0.15, 0.2) is 0 Å². The smallest absolute Gasteiger partial charge is 0.328 e. The first kappa shape index (κ1) is 21.9. The van der Waals surface area contributed by atoms with E-state index in [1.165, 1.54) is 14.0 Å². The monoisotopic (exact) mass is 494 g/mol. The molecule has 2 amide bonds. The molecule has 2 aromatic carbocycles. The Bertz CT molecular complexity index is 826. The van der Waals surface area contributed by atoms with Crippen molar-refractivity contribution in [2.75, 3.05) is 7.11 Å². The van der Waals surface area contributed by atoms with Crippen molar-refractivity contribution in [1.82, 2.24) is 10.6 Å². The lowest BCUT2D eigenvalue weighted by molar-refractivity contribution is -0.145. The van der Waals surface area contributed by atoms with Crippen molar-refractivity contribution >= 4 is 40.4 Å². The lowest BCUT2D eigenvalue weighted by Crippen LogP contribution is -2.53. The summed E-state index contributed by atoms with van der Waals surface area (Å²) in [5.74, 6) is -1.28. The Hall–Kier alpha value is -2.42. The van der Waals surface area contributed by atoms with E-state index < -0.39 is 24.0 Å². The van der Waals surface area contributed by atoms with Gasteiger partial charge in [0.1, 0.15) is 12.1 Å². The van der Waals surface area contributed by atoms with Crippen molar-refractivity contribution in [1.29, 1.82) is 0 Å². The fourth-order valence-corrected chi connectivity index (χ4v) is 3.40. The zero-order chi connectivity index (χ0) is 20.5. The van der Waals surface area contributed by atoms with Gasteiger partial charge in [-0.1, -0.05) is 48.5 Å². The van der Waals surface area contributed by atoms with Crippen LogP contribution in [0.15, 0.2) is 54.6 Å². The fraction of sp³-hybridized carbons (Fsp3) is 0.286. The zero-order valence-electron chi connectivity index (χ0n) is 15.8. The average Bonchev–Trinajstić information content (AvgIpc) is 2.68. The minimum absolute atomic E-state index is 0.301. The summed E-state index contributed by atoms with van der Waals surface area (Å²) in [7, 11) is 1.28. The molecule has 0 heterocycles. The maximum absolute atomic E-state index is 12.9. The van der Waals surface area contributed by atoms with Crippen molar-refractivity contribution in [2.45, 2.75) is 31.8 Å². The van der Waals surface area contributed by atoms with Crippen LogP contribution in [0.5, 0.6) is 0 Å². The second-order valence-electron chi connectivity index (χ2n) is 6.32. The summed E-state index contributed by atoms with van der Waals surface area (Å²) in [6.45, 7) is 1.36. The Balaban J connectivity index is 2.17. The summed E-state index contributed by atoms with van der Waals surface area (Å²) >= 11 is 2.19. The maximum Gasteiger partial charge on any atom is 0.328 e. The minimum atomic E-state index is -0.847. The third kappa shape index (κ3) is 6.63. The highest BCUT2D eigenvalue weighted by molar-refractivity contribution is 14.1. The molecule has 0 spiro atoms. The molecule has 2 N–H and O–H groups in total. The maximum atomic E-state index is 12.9. The number of ether oxygens (including phenoxy) is 1. The predicted molar refractivity (Wildman–Crippen MR) is 115 cm³/mol. The number of rotatable bonds is 8. The molecule has 6 nitrogen and oxygen atoms in total. The average molecular weight is 494 g/mol. The van der Waals surface area contributed by atoms with Crippen LogP contribution in [0.1, 0.15) is 18.1 Å². The van der Waals surface area contributed by atoms with Crippen molar-refractivity contribution in [3.63, 3.8) is 0 Å². The molecule has 0 fully saturated rings. The molecule has 0 aliphatic heterocycles. The normalized spacial score (nSPS) is 12.5. The molecule has 7 heteroatoms. The Kier molecular flexibility index (Phi) is 8.43. The van der Waals surface area contributed by atoms with Crippen LogP contribution in [-0.2, 0) is 32.0 Å². The van der Waals surface area contributed by atoms with Gasteiger partial charge in [-0.05, 0) is 39.8 Å². The van der Waals surface area contributed by atoms with Crippen molar-refractivity contribution in [3.8, 4) is 0 Å². The van der Waals surface area contributed by atoms with Gasteiger partial charge in [0.2, 0.25) is 11.8 Å². The largest absolute Gasteiger partial charge is 0.467 e. The van der Waals surface area contributed by atoms with Crippen LogP contribution < -0.4 is 10.6 Å². The van der Waals surface area contributed by atoms with E-state index in [0.29, 0.717) is 12.8 Å². The van der Waals surface area contributed by atoms with Gasteiger partial charge >= 0.3 is 5.97 Å². The number of carbonyl (C=O) groups excluding carboxylic acids is 3. The molecule has 0 saturated heterocycles. The standard InChI is InChI=1S/C21H23IN2O4/c1-14(25)23-18(12-15-8-4-3-5-9-15)20(26)24-19(21(27)28-2)13-16-10-6-7-11-17(16)22/h3-11,18-19H,12-13H2,1-2H3,(H,23,25)(H,24,26)/t18-,19+/m1/s1. The van der Waals surface area contributed by atoms with E-state index in [9.17, 15) is 14.4 Å². The second-order valence-corrected chi connectivity index (χ2v) is 7.48. The molecule has 28 heavy (non-hydrogen) atoms. The van der Waals surface area contributed by atoms with Crippen molar-refractivity contribution < 1.29 is 19.1 Å². The zero-order valence-corrected chi connectivity index (χ0v) is 17.9. The van der Waals surface area contributed by atoms with Gasteiger partial charge in [0.05, 0.1) is 7.11 Å². The number of methoxy groups -OCH3 is 1. The molecular formula is C21H23IN2O4. The van der Waals surface area contributed by atoms with Gasteiger partial charge in [-0.2, -0.15) is 0 Å². The second kappa shape index (κ2) is 10.8. The number of amides is 2. The highest BCUT2D eigenvalue weighted by atomic mass is 127. The lowest BCUT2D eigenvalue weighted by atomic mass is 10.0. The molecule has 2 atom stereocenters. The van der Waals surface area contributed by atoms with Crippen LogP contribution in [0, 0.1) is 3.57 Å². The summed E-state index contributed by atoms with van der Waals surface area (Å²) in [6.07, 6.45) is 0.624. The van der Waals surface area contributed by atoms with Gasteiger partial charge < -0.3 is 15.4 Å². The minimum Gasteiger partial charge on any atom is -0.467 e. The van der Waals surface area contributed by atoms with E-state index in [0.717, 1.165) is 14.7 Å². The third-order valence-corrected chi connectivity index (χ3v) is 5.21. The number of nitrogens with one attached hydrogen (secondary N) is 2. The van der Waals surface area contributed by atoms with E-state index in [2.05, 4.69) is 33.2 Å². The molecule has 0 unspecified atom stereocenters. The number of carbonyl (C=O) groups is 3. The van der Waals surface area contributed by atoms with E-state index in [-0.39, 0.29) is 5.91 Å². The lowest BCUT2D eigenvalue weighted by Gasteiger charge is -2.22. The molecule has 0 aliphatic rings. The number of hydrogen-bond donors (Lipinski definition) is 2. The van der Waals surface area contributed by atoms with Crippen LogP contribution in [0.3, 0.4) is 0 Å². The Morgan fingerprint density at radius 1 is 0.929 bits per heavy atom. The van der Waals surface area contributed by atoms with Crippen molar-refractivity contribution in [2.24, 2.45) is 0 Å². The van der Waals surface area contributed by atoms with Gasteiger partial charge in [-0.25, -0.2) is 4.79 Å². The van der Waals surface area contributed by atoms with Crippen LogP contribution >= 0.6 is 22.6 Å². The summed E-state index contributed by atoms with van der Waals surface area (Å²) < 4.78 is 5.85. The molecular weight excluding hydrogens is 471 g/mol.